The summed E-state index contributed by atoms with van der Waals surface area (Å²) in [7, 11) is 4.19. The molecule has 2 aromatic carbocycles. The summed E-state index contributed by atoms with van der Waals surface area (Å²) < 4.78 is 20.5. The molecule has 1 aliphatic heterocycles. The van der Waals surface area contributed by atoms with Crippen molar-refractivity contribution < 1.29 is 26.0 Å². The lowest BCUT2D eigenvalue weighted by atomic mass is 9.81. The van der Waals surface area contributed by atoms with E-state index in [4.69, 9.17) is 21.6 Å². The fourth-order valence-electron chi connectivity index (χ4n) is 3.58. The first-order valence-electron chi connectivity index (χ1n) is 8.72. The minimum Gasteiger partial charge on any atom is -1.00 e. The van der Waals surface area contributed by atoms with Crippen LogP contribution in [0, 0.1) is 17.1 Å². The highest BCUT2D eigenvalue weighted by Gasteiger charge is 2.41. The van der Waals surface area contributed by atoms with E-state index >= 15 is 0 Å². The van der Waals surface area contributed by atoms with Crippen molar-refractivity contribution in [1.29, 1.82) is 5.26 Å². The number of alkyl halides is 1. The van der Waals surface area contributed by atoms with Crippen LogP contribution in [0.15, 0.2) is 42.5 Å². The molecule has 0 fully saturated rings. The number of fused-ring (bicyclic) bond motifs is 1. The molecular weight excluding hydrogens is 386 g/mol. The van der Waals surface area contributed by atoms with Crippen LogP contribution in [0.5, 0.6) is 0 Å². The van der Waals surface area contributed by atoms with Gasteiger partial charge < -0.3 is 21.6 Å². The topological polar surface area (TPSA) is 33.0 Å². The molecule has 1 unspecified atom stereocenters. The number of halogens is 3. The second-order valence-corrected chi connectivity index (χ2v) is 7.73. The first kappa shape index (κ1) is 21.7. The average Bonchev–Trinajstić information content (AvgIpc) is 3.01. The lowest BCUT2D eigenvalue weighted by Crippen LogP contribution is -3.00. The molecule has 0 aliphatic carbocycles. The van der Waals surface area contributed by atoms with Crippen molar-refractivity contribution in [2.24, 2.45) is 0 Å². The average molecular weight is 409 g/mol. The summed E-state index contributed by atoms with van der Waals surface area (Å²) in [6.45, 7) is 1.37. The second kappa shape index (κ2) is 8.58. The smallest absolute Gasteiger partial charge is 0.154 e. The number of quaternary nitrogens is 1. The Kier molecular flexibility index (Phi) is 6.88. The van der Waals surface area contributed by atoms with Crippen LogP contribution >= 0.6 is 11.6 Å². The minimum absolute atomic E-state index is 0. The maximum Gasteiger partial charge on any atom is 0.154 e. The number of nitriles is 1. The van der Waals surface area contributed by atoms with E-state index in [1.165, 1.54) is 12.1 Å². The summed E-state index contributed by atoms with van der Waals surface area (Å²) in [4.78, 5) is 0. The fraction of sp³-hybridized carbons (Fsp3) is 0.381. The Labute approximate surface area is 171 Å². The Hall–Kier alpha value is -1.64. The summed E-state index contributed by atoms with van der Waals surface area (Å²) in [5.74, 6) is -0.262. The monoisotopic (exact) mass is 408 g/mol. The van der Waals surface area contributed by atoms with E-state index in [0.717, 1.165) is 40.6 Å². The van der Waals surface area contributed by atoms with Gasteiger partial charge in [0.1, 0.15) is 11.4 Å². The summed E-state index contributed by atoms with van der Waals surface area (Å²) in [5, 5.41) is 9.16. The largest absolute Gasteiger partial charge is 1.00 e. The molecule has 0 radical (unpaired) electrons. The van der Waals surface area contributed by atoms with Crippen LogP contribution in [0.25, 0.3) is 0 Å². The van der Waals surface area contributed by atoms with Crippen LogP contribution in [0.2, 0.25) is 0 Å². The van der Waals surface area contributed by atoms with E-state index in [1.54, 1.807) is 12.1 Å². The zero-order chi connectivity index (χ0) is 18.8. The first-order chi connectivity index (χ1) is 12.4. The predicted molar refractivity (Wildman–Crippen MR) is 100 cm³/mol. The number of ether oxygens (including phenoxy) is 1. The number of hydrogen-bond donors (Lipinski definition) is 0. The Morgan fingerprint density at radius 2 is 1.93 bits per heavy atom. The van der Waals surface area contributed by atoms with E-state index < -0.39 is 5.60 Å². The molecule has 27 heavy (non-hydrogen) atoms. The highest BCUT2D eigenvalue weighted by molar-refractivity contribution is 6.16. The molecule has 1 atom stereocenters. The molecule has 0 bridgehead atoms. The quantitative estimate of drug-likeness (QED) is 0.412. The maximum atomic E-state index is 13.5. The van der Waals surface area contributed by atoms with Gasteiger partial charge in [0.05, 0.1) is 38.9 Å². The fourth-order valence-corrected chi connectivity index (χ4v) is 3.70. The van der Waals surface area contributed by atoms with Crippen LogP contribution in [0.4, 0.5) is 4.39 Å². The van der Waals surface area contributed by atoms with E-state index in [2.05, 4.69) is 20.2 Å². The van der Waals surface area contributed by atoms with E-state index in [0.29, 0.717) is 18.2 Å². The third-order valence-electron chi connectivity index (χ3n) is 5.07. The van der Waals surface area contributed by atoms with Crippen molar-refractivity contribution in [3.05, 3.63) is 70.5 Å². The Balaban J connectivity index is 0.00000261. The van der Waals surface area contributed by atoms with Gasteiger partial charge in [0.25, 0.3) is 0 Å². The van der Waals surface area contributed by atoms with Crippen molar-refractivity contribution in [3.63, 3.8) is 0 Å². The Bertz CT molecular complexity index is 833. The van der Waals surface area contributed by atoms with Gasteiger partial charge in [0, 0.05) is 0 Å². The molecule has 1 heterocycles. The lowest BCUT2D eigenvalue weighted by molar-refractivity contribution is -0.879. The molecule has 0 saturated carbocycles. The molecule has 0 N–H and O–H groups in total. The van der Waals surface area contributed by atoms with Crippen molar-refractivity contribution in [2.75, 3.05) is 26.6 Å². The molecule has 0 saturated heterocycles. The standard InChI is InChI=1S/C21H23ClFN2O.ClH/c1-25(2,15-22)11-3-10-21(18-5-7-19(23)8-6-18)20-9-4-16(13-24)12-17(20)14-26-21;/h4-9,12H,3,10-11,14-15H2,1-2H3;1H/q+1;/p-1. The second-order valence-electron chi connectivity index (χ2n) is 7.49. The third kappa shape index (κ3) is 4.44. The number of benzene rings is 2. The third-order valence-corrected chi connectivity index (χ3v) is 5.72. The van der Waals surface area contributed by atoms with E-state index in [-0.39, 0.29) is 18.2 Å². The lowest BCUT2D eigenvalue weighted by Gasteiger charge is -2.33. The van der Waals surface area contributed by atoms with Crippen molar-refractivity contribution in [3.8, 4) is 6.07 Å². The molecule has 3 nitrogen and oxygen atoms in total. The van der Waals surface area contributed by atoms with E-state index in [1.807, 2.05) is 18.2 Å². The Morgan fingerprint density at radius 3 is 2.56 bits per heavy atom. The highest BCUT2D eigenvalue weighted by Crippen LogP contribution is 2.45. The summed E-state index contributed by atoms with van der Waals surface area (Å²) in [5.41, 5.74) is 3.06. The molecule has 144 valence electrons. The van der Waals surface area contributed by atoms with Crippen LogP contribution < -0.4 is 12.4 Å². The maximum absolute atomic E-state index is 13.5. The van der Waals surface area contributed by atoms with Gasteiger partial charge in [-0.05, 0) is 53.8 Å². The van der Waals surface area contributed by atoms with Gasteiger partial charge in [-0.1, -0.05) is 29.8 Å². The van der Waals surface area contributed by atoms with Gasteiger partial charge in [-0.2, -0.15) is 5.26 Å². The van der Waals surface area contributed by atoms with Gasteiger partial charge in [0.15, 0.2) is 6.00 Å². The Morgan fingerprint density at radius 1 is 1.22 bits per heavy atom. The van der Waals surface area contributed by atoms with Crippen LogP contribution in [0.3, 0.4) is 0 Å². The van der Waals surface area contributed by atoms with Gasteiger partial charge in [-0.25, -0.2) is 4.39 Å². The molecule has 6 heteroatoms. The number of nitrogens with zero attached hydrogens (tertiary/aromatic N) is 2. The van der Waals surface area contributed by atoms with Gasteiger partial charge in [-0.15, -0.1) is 0 Å². The van der Waals surface area contributed by atoms with Gasteiger partial charge in [-0.3, -0.25) is 0 Å². The van der Waals surface area contributed by atoms with Crippen molar-refractivity contribution in [2.45, 2.75) is 25.0 Å². The van der Waals surface area contributed by atoms with Crippen LogP contribution in [-0.2, 0) is 16.9 Å². The zero-order valence-electron chi connectivity index (χ0n) is 15.5. The SMILES string of the molecule is C[N+](C)(CCl)CCCC1(c2ccc(F)cc2)OCc2cc(C#N)ccc21.[Cl-]. The number of rotatable bonds is 6. The zero-order valence-corrected chi connectivity index (χ0v) is 17.0. The normalized spacial score (nSPS) is 18.5. The van der Waals surface area contributed by atoms with Crippen molar-refractivity contribution in [1.82, 2.24) is 0 Å². The molecular formula is C21H23Cl2FN2O. The molecule has 3 rings (SSSR count). The molecule has 2 aromatic rings. The highest BCUT2D eigenvalue weighted by atomic mass is 35.5. The summed E-state index contributed by atoms with van der Waals surface area (Å²) in [6, 6.07) is 15.0. The molecule has 0 amide bonds. The predicted octanol–water partition coefficient (Wildman–Crippen LogP) is 1.53. The molecule has 0 aromatic heterocycles. The van der Waals surface area contributed by atoms with Gasteiger partial charge in [0.2, 0.25) is 0 Å². The van der Waals surface area contributed by atoms with E-state index in [9.17, 15) is 4.39 Å². The minimum atomic E-state index is -0.608. The summed E-state index contributed by atoms with van der Waals surface area (Å²) in [6.07, 6.45) is 1.69. The van der Waals surface area contributed by atoms with Crippen LogP contribution in [0.1, 0.15) is 35.1 Å². The molecule has 1 aliphatic rings. The first-order valence-corrected chi connectivity index (χ1v) is 9.25. The van der Waals surface area contributed by atoms with Crippen LogP contribution in [-0.4, -0.2) is 31.1 Å². The molecule has 0 spiro atoms. The number of hydrogen-bond acceptors (Lipinski definition) is 2. The van der Waals surface area contributed by atoms with Crippen molar-refractivity contribution >= 4 is 11.6 Å². The van der Waals surface area contributed by atoms with Gasteiger partial charge >= 0.3 is 0 Å². The summed E-state index contributed by atoms with van der Waals surface area (Å²) >= 11 is 6.04.